The molecule has 2 heterocycles. The molecule has 0 N–H and O–H groups in total. The number of carbonyl (C=O) groups excluding carboxylic acids is 1. The molecule has 2 heteroatoms. The Morgan fingerprint density at radius 3 is 1.95 bits per heavy atom. The van der Waals surface area contributed by atoms with Crippen molar-refractivity contribution in [3.63, 3.8) is 0 Å². The quantitative estimate of drug-likeness (QED) is 0.769. The lowest BCUT2D eigenvalue weighted by molar-refractivity contribution is -0.145. The van der Waals surface area contributed by atoms with E-state index in [0.29, 0.717) is 11.7 Å². The van der Waals surface area contributed by atoms with Gasteiger partial charge in [0.2, 0.25) is 0 Å². The summed E-state index contributed by atoms with van der Waals surface area (Å²) in [5, 5.41) is 0. The Balaban J connectivity index is 1.46. The second kappa shape index (κ2) is 4.09. The molecule has 0 atom stereocenters. The average molecular weight is 273 g/mol. The minimum absolute atomic E-state index is 0.0139. The van der Waals surface area contributed by atoms with E-state index >= 15 is 0 Å². The van der Waals surface area contributed by atoms with Gasteiger partial charge >= 0.3 is 0 Å². The highest BCUT2D eigenvalue weighted by Gasteiger charge is 2.58. The number of fused-ring (bicyclic) bond motifs is 1. The van der Waals surface area contributed by atoms with E-state index in [1.807, 2.05) is 0 Å². The van der Waals surface area contributed by atoms with E-state index in [9.17, 15) is 4.79 Å². The summed E-state index contributed by atoms with van der Waals surface area (Å²) in [6, 6.07) is 0. The summed E-state index contributed by atoms with van der Waals surface area (Å²) >= 11 is 0. The molecular formula is C18H27NO. The third-order valence-corrected chi connectivity index (χ3v) is 7.63. The van der Waals surface area contributed by atoms with Crippen LogP contribution in [-0.2, 0) is 4.79 Å². The summed E-state index contributed by atoms with van der Waals surface area (Å²) in [6.07, 6.45) is 11.9. The molecule has 20 heavy (non-hydrogen) atoms. The minimum Gasteiger partial charge on any atom is -0.297 e. The van der Waals surface area contributed by atoms with Crippen LogP contribution in [-0.4, -0.2) is 29.3 Å². The van der Waals surface area contributed by atoms with Crippen LogP contribution in [0, 0.1) is 29.6 Å². The van der Waals surface area contributed by atoms with Crippen molar-refractivity contribution in [2.24, 2.45) is 29.6 Å². The summed E-state index contributed by atoms with van der Waals surface area (Å²) < 4.78 is 0. The van der Waals surface area contributed by atoms with Gasteiger partial charge in [-0.15, -0.1) is 0 Å². The molecule has 0 aromatic carbocycles. The van der Waals surface area contributed by atoms with Crippen LogP contribution >= 0.6 is 0 Å². The molecule has 2 nitrogen and oxygen atoms in total. The fraction of sp³-hybridized carbons (Fsp3) is 0.944. The second-order valence-electron chi connectivity index (χ2n) is 8.55. The van der Waals surface area contributed by atoms with Crippen LogP contribution in [0.2, 0.25) is 0 Å². The molecule has 2 saturated heterocycles. The number of nitrogens with zero attached hydrogens (tertiary/aromatic N) is 1. The smallest absolute Gasteiger partial charge is 0.156 e. The third kappa shape index (κ3) is 1.47. The van der Waals surface area contributed by atoms with Gasteiger partial charge < -0.3 is 0 Å². The van der Waals surface area contributed by atoms with Gasteiger partial charge in [-0.1, -0.05) is 0 Å². The number of hydrogen-bond donors (Lipinski definition) is 0. The van der Waals surface area contributed by atoms with Crippen LogP contribution in [0.3, 0.4) is 0 Å². The first kappa shape index (κ1) is 12.2. The number of Topliss-reactive ketones (excluding diaryl/α,β-unsaturated/α-hetero) is 1. The summed E-state index contributed by atoms with van der Waals surface area (Å²) in [5.74, 6) is 4.69. The normalized spacial score (nSPS) is 48.7. The highest BCUT2D eigenvalue weighted by molar-refractivity contribution is 5.92. The molecule has 0 aromatic heterocycles. The molecule has 6 aliphatic rings. The lowest BCUT2D eigenvalue weighted by atomic mass is 9.50. The van der Waals surface area contributed by atoms with Crippen LogP contribution < -0.4 is 0 Å². The van der Waals surface area contributed by atoms with Crippen molar-refractivity contribution < 1.29 is 4.79 Å². The molecule has 0 unspecified atom stereocenters. The van der Waals surface area contributed by atoms with E-state index < -0.39 is 0 Å². The Kier molecular flexibility index (Phi) is 2.49. The van der Waals surface area contributed by atoms with E-state index in [1.165, 1.54) is 70.9 Å². The van der Waals surface area contributed by atoms with Crippen molar-refractivity contribution in [1.29, 1.82) is 0 Å². The fourth-order valence-corrected chi connectivity index (χ4v) is 7.17. The second-order valence-corrected chi connectivity index (χ2v) is 8.55. The molecule has 0 amide bonds. The lowest BCUT2D eigenvalue weighted by Crippen LogP contribution is -2.56. The lowest BCUT2D eigenvalue weighted by Gasteiger charge is -2.55. The fourth-order valence-electron chi connectivity index (χ4n) is 7.17. The molecule has 4 aliphatic carbocycles. The first-order valence-corrected chi connectivity index (χ1v) is 9.06. The highest BCUT2D eigenvalue weighted by atomic mass is 16.1. The zero-order valence-electron chi connectivity index (χ0n) is 12.5. The Labute approximate surface area is 122 Å². The Hall–Kier alpha value is -0.370. The van der Waals surface area contributed by atoms with Gasteiger partial charge in [-0.25, -0.2) is 0 Å². The maximum atomic E-state index is 13.5. The van der Waals surface area contributed by atoms with Gasteiger partial charge in [-0.05, 0) is 94.5 Å². The third-order valence-electron chi connectivity index (χ3n) is 7.63. The molecule has 0 aromatic rings. The average Bonchev–Trinajstić information content (AvgIpc) is 2.96. The van der Waals surface area contributed by atoms with E-state index in [4.69, 9.17) is 0 Å². The van der Waals surface area contributed by atoms with Crippen LogP contribution in [0.4, 0.5) is 0 Å². The van der Waals surface area contributed by atoms with Crippen LogP contribution in [0.25, 0.3) is 0 Å². The maximum absolute atomic E-state index is 13.5. The number of ketones is 1. The Bertz CT molecular complexity index is 405. The predicted molar refractivity (Wildman–Crippen MR) is 78.3 cm³/mol. The van der Waals surface area contributed by atoms with Gasteiger partial charge in [-0.2, -0.15) is 0 Å². The van der Waals surface area contributed by atoms with Crippen molar-refractivity contribution >= 4 is 5.78 Å². The number of rotatable bonds is 2. The largest absolute Gasteiger partial charge is 0.297 e. The van der Waals surface area contributed by atoms with Crippen LogP contribution in [0.1, 0.15) is 57.8 Å². The van der Waals surface area contributed by atoms with E-state index in [2.05, 4.69) is 4.90 Å². The van der Waals surface area contributed by atoms with Gasteiger partial charge in [0.15, 0.2) is 5.78 Å². The van der Waals surface area contributed by atoms with Gasteiger partial charge in [0.05, 0.1) is 5.54 Å². The van der Waals surface area contributed by atoms with Crippen molar-refractivity contribution in [2.75, 3.05) is 13.1 Å². The van der Waals surface area contributed by atoms with Crippen LogP contribution in [0.15, 0.2) is 0 Å². The van der Waals surface area contributed by atoms with Gasteiger partial charge in [0, 0.05) is 5.92 Å². The molecule has 110 valence electrons. The highest BCUT2D eigenvalue weighted by Crippen LogP contribution is 2.58. The Morgan fingerprint density at radius 1 is 0.850 bits per heavy atom. The van der Waals surface area contributed by atoms with E-state index in [-0.39, 0.29) is 5.54 Å². The molecule has 0 spiro atoms. The van der Waals surface area contributed by atoms with Crippen molar-refractivity contribution in [2.45, 2.75) is 63.3 Å². The van der Waals surface area contributed by atoms with Crippen molar-refractivity contribution in [3.05, 3.63) is 0 Å². The molecule has 6 rings (SSSR count). The van der Waals surface area contributed by atoms with Crippen molar-refractivity contribution in [3.8, 4) is 0 Å². The number of carbonyl (C=O) groups is 1. The van der Waals surface area contributed by atoms with Crippen LogP contribution in [0.5, 0.6) is 0 Å². The molecular weight excluding hydrogens is 246 g/mol. The monoisotopic (exact) mass is 273 g/mol. The minimum atomic E-state index is 0.0139. The Morgan fingerprint density at radius 2 is 1.40 bits per heavy atom. The van der Waals surface area contributed by atoms with Gasteiger partial charge in [0.1, 0.15) is 0 Å². The summed E-state index contributed by atoms with van der Waals surface area (Å²) in [7, 11) is 0. The summed E-state index contributed by atoms with van der Waals surface area (Å²) in [6.45, 7) is 2.39. The first-order chi connectivity index (χ1) is 9.76. The first-order valence-electron chi connectivity index (χ1n) is 9.06. The molecule has 0 radical (unpaired) electrons. The molecule has 4 saturated carbocycles. The van der Waals surface area contributed by atoms with E-state index in [0.717, 1.165) is 23.7 Å². The maximum Gasteiger partial charge on any atom is 0.156 e. The van der Waals surface area contributed by atoms with E-state index in [1.54, 1.807) is 0 Å². The van der Waals surface area contributed by atoms with Gasteiger partial charge in [-0.3, -0.25) is 9.69 Å². The van der Waals surface area contributed by atoms with Gasteiger partial charge in [0.25, 0.3) is 0 Å². The zero-order chi connectivity index (χ0) is 13.3. The summed E-state index contributed by atoms with van der Waals surface area (Å²) in [4.78, 5) is 16.1. The topological polar surface area (TPSA) is 20.3 Å². The predicted octanol–water partition coefficient (Wildman–Crippen LogP) is 3.26. The molecule has 4 bridgehead atoms. The number of hydrogen-bond acceptors (Lipinski definition) is 2. The SMILES string of the molecule is O=C(C1C2CC3CC(C2)CC1C3)C12CCCN1CCC2. The standard InChI is InChI=1S/C18H27NO/c20-17(18-3-1-5-19(18)6-2-4-18)16-14-8-12-7-13(10-14)11-15(16)9-12/h12-16H,1-11H2. The summed E-state index contributed by atoms with van der Waals surface area (Å²) in [5.41, 5.74) is 0.0139. The van der Waals surface area contributed by atoms with Crippen molar-refractivity contribution in [1.82, 2.24) is 4.90 Å². The zero-order valence-corrected chi connectivity index (χ0v) is 12.5. The molecule has 6 fully saturated rings. The molecule has 2 aliphatic heterocycles.